The Balaban J connectivity index is 2.67. The third kappa shape index (κ3) is 1.91. The lowest BCUT2D eigenvalue weighted by molar-refractivity contribution is 0.539. The lowest BCUT2D eigenvalue weighted by atomic mass is 10.1. The van der Waals surface area contributed by atoms with Crippen LogP contribution in [0, 0.1) is 11.3 Å². The van der Waals surface area contributed by atoms with E-state index in [4.69, 9.17) is 5.26 Å². The Morgan fingerprint density at radius 3 is 2.78 bits per heavy atom. The van der Waals surface area contributed by atoms with Gasteiger partial charge in [-0.3, -0.25) is 0 Å². The molecule has 2 atom stereocenters. The van der Waals surface area contributed by atoms with E-state index in [2.05, 4.69) is 15.9 Å². The van der Waals surface area contributed by atoms with Crippen LogP contribution in [0.4, 0.5) is 5.69 Å². The Labute approximate surface area is 115 Å². The van der Waals surface area contributed by atoms with Crippen molar-refractivity contribution >= 4 is 31.5 Å². The van der Waals surface area contributed by atoms with Crippen molar-refractivity contribution in [3.05, 3.63) is 22.7 Å². The molecule has 0 fully saturated rings. The van der Waals surface area contributed by atoms with Crippen LogP contribution < -0.4 is 4.90 Å². The van der Waals surface area contributed by atoms with Crippen molar-refractivity contribution in [3.63, 3.8) is 0 Å². The molecule has 1 aliphatic heterocycles. The maximum absolute atomic E-state index is 12.5. The number of anilines is 1. The molecule has 6 heteroatoms. The number of rotatable bonds is 1. The summed E-state index contributed by atoms with van der Waals surface area (Å²) < 4.78 is 25.8. The topological polar surface area (TPSA) is 61.2 Å². The number of hydrogen-bond acceptors (Lipinski definition) is 4. The lowest BCUT2D eigenvalue weighted by Gasteiger charge is -2.38. The Bertz CT molecular complexity index is 621. The highest BCUT2D eigenvalue weighted by Crippen LogP contribution is 2.38. The van der Waals surface area contributed by atoms with E-state index >= 15 is 0 Å². The number of nitrogens with zero attached hydrogens (tertiary/aromatic N) is 2. The number of benzene rings is 1. The van der Waals surface area contributed by atoms with Crippen molar-refractivity contribution in [1.82, 2.24) is 0 Å². The quantitative estimate of drug-likeness (QED) is 0.793. The molecule has 0 spiro atoms. The zero-order chi connectivity index (χ0) is 13.5. The second kappa shape index (κ2) is 4.56. The Morgan fingerprint density at radius 2 is 2.17 bits per heavy atom. The van der Waals surface area contributed by atoms with Crippen molar-refractivity contribution in [1.29, 1.82) is 5.26 Å². The third-order valence-corrected chi connectivity index (χ3v) is 6.26. The summed E-state index contributed by atoms with van der Waals surface area (Å²) in [5.41, 5.74) is 0.686. The monoisotopic (exact) mass is 328 g/mol. The van der Waals surface area contributed by atoms with Crippen LogP contribution in [-0.2, 0) is 9.84 Å². The maximum atomic E-state index is 12.5. The van der Waals surface area contributed by atoms with E-state index in [1.165, 1.54) is 0 Å². The van der Waals surface area contributed by atoms with E-state index in [-0.39, 0.29) is 12.5 Å². The number of halogens is 1. The summed E-state index contributed by atoms with van der Waals surface area (Å²) in [6, 6.07) is 6.87. The second-order valence-electron chi connectivity index (χ2n) is 4.41. The highest BCUT2D eigenvalue weighted by Gasteiger charge is 2.41. The van der Waals surface area contributed by atoms with Crippen LogP contribution in [-0.4, -0.2) is 26.8 Å². The minimum absolute atomic E-state index is 0.0172. The fourth-order valence-electron chi connectivity index (χ4n) is 2.27. The van der Waals surface area contributed by atoms with Crippen molar-refractivity contribution in [2.45, 2.75) is 29.5 Å². The molecule has 1 aromatic rings. The van der Waals surface area contributed by atoms with E-state index in [9.17, 15) is 8.42 Å². The van der Waals surface area contributed by atoms with Crippen molar-refractivity contribution in [3.8, 4) is 6.07 Å². The molecule has 0 saturated carbocycles. The standard InChI is InChI=1S/C12H13BrN2O2S/c1-8-11(5-6-14)18(16,17)12-4-3-9(13)7-10(12)15(8)2/h3-4,7-8,11H,5H2,1-2H3. The van der Waals surface area contributed by atoms with Gasteiger partial charge < -0.3 is 4.90 Å². The molecule has 0 aromatic heterocycles. The summed E-state index contributed by atoms with van der Waals surface area (Å²) in [6.07, 6.45) is 0.0172. The number of hydrogen-bond donors (Lipinski definition) is 0. The van der Waals surface area contributed by atoms with Gasteiger partial charge in [0.1, 0.15) is 0 Å². The van der Waals surface area contributed by atoms with Gasteiger partial charge in [-0.25, -0.2) is 8.42 Å². The molecule has 2 rings (SSSR count). The third-order valence-electron chi connectivity index (χ3n) is 3.45. The van der Waals surface area contributed by atoms with Gasteiger partial charge in [-0.1, -0.05) is 15.9 Å². The van der Waals surface area contributed by atoms with Crippen LogP contribution in [0.2, 0.25) is 0 Å². The van der Waals surface area contributed by atoms with Crippen molar-refractivity contribution < 1.29 is 8.42 Å². The van der Waals surface area contributed by atoms with Crippen molar-refractivity contribution in [2.75, 3.05) is 11.9 Å². The van der Waals surface area contributed by atoms with Gasteiger partial charge in [0.15, 0.2) is 9.84 Å². The molecule has 1 aromatic carbocycles. The minimum Gasteiger partial charge on any atom is -0.369 e. The number of fused-ring (bicyclic) bond motifs is 1. The normalized spacial score (nSPS) is 25.3. The maximum Gasteiger partial charge on any atom is 0.186 e. The molecule has 4 nitrogen and oxygen atoms in total. The summed E-state index contributed by atoms with van der Waals surface area (Å²) in [5.74, 6) is 0. The molecule has 1 aliphatic rings. The van der Waals surface area contributed by atoms with Gasteiger partial charge in [0.05, 0.1) is 28.3 Å². The molecule has 0 amide bonds. The molecule has 0 N–H and O–H groups in total. The summed E-state index contributed by atoms with van der Waals surface area (Å²) in [7, 11) is -1.57. The van der Waals surface area contributed by atoms with E-state index in [0.717, 1.165) is 4.47 Å². The molecular formula is C12H13BrN2O2S. The van der Waals surface area contributed by atoms with Gasteiger partial charge >= 0.3 is 0 Å². The first kappa shape index (κ1) is 13.4. The lowest BCUT2D eigenvalue weighted by Crippen LogP contribution is -2.47. The molecule has 0 aliphatic carbocycles. The average molecular weight is 329 g/mol. The first-order valence-corrected chi connectivity index (χ1v) is 7.86. The smallest absolute Gasteiger partial charge is 0.186 e. The van der Waals surface area contributed by atoms with Gasteiger partial charge in [0, 0.05) is 17.6 Å². The van der Waals surface area contributed by atoms with Crippen LogP contribution in [0.25, 0.3) is 0 Å². The zero-order valence-corrected chi connectivity index (χ0v) is 12.5. The fraction of sp³-hybridized carbons (Fsp3) is 0.417. The van der Waals surface area contributed by atoms with Crippen LogP contribution in [0.3, 0.4) is 0 Å². The highest BCUT2D eigenvalue weighted by atomic mass is 79.9. The van der Waals surface area contributed by atoms with Crippen LogP contribution in [0.5, 0.6) is 0 Å². The van der Waals surface area contributed by atoms with Crippen molar-refractivity contribution in [2.24, 2.45) is 0 Å². The molecule has 1 heterocycles. The molecule has 0 bridgehead atoms. The molecular weight excluding hydrogens is 316 g/mol. The number of nitriles is 1. The largest absolute Gasteiger partial charge is 0.369 e. The van der Waals surface area contributed by atoms with Crippen LogP contribution in [0.15, 0.2) is 27.6 Å². The Hall–Kier alpha value is -1.06. The summed E-state index contributed by atoms with van der Waals surface area (Å²) in [4.78, 5) is 2.23. The summed E-state index contributed by atoms with van der Waals surface area (Å²) in [6.45, 7) is 1.84. The fourth-order valence-corrected chi connectivity index (χ4v) is 4.69. The first-order valence-electron chi connectivity index (χ1n) is 5.53. The van der Waals surface area contributed by atoms with Gasteiger partial charge in [-0.05, 0) is 25.1 Å². The van der Waals surface area contributed by atoms with E-state index in [1.807, 2.05) is 24.9 Å². The predicted octanol–water partition coefficient (Wildman–Crippen LogP) is 2.34. The van der Waals surface area contributed by atoms with E-state index in [0.29, 0.717) is 10.6 Å². The van der Waals surface area contributed by atoms with Crippen LogP contribution in [0.1, 0.15) is 13.3 Å². The molecule has 2 unspecified atom stereocenters. The highest BCUT2D eigenvalue weighted by molar-refractivity contribution is 9.10. The first-order chi connectivity index (χ1) is 8.39. The van der Waals surface area contributed by atoms with Gasteiger partial charge in [0.2, 0.25) is 0 Å². The van der Waals surface area contributed by atoms with Gasteiger partial charge in [0.25, 0.3) is 0 Å². The molecule has 96 valence electrons. The summed E-state index contributed by atoms with van der Waals surface area (Å²) in [5, 5.41) is 8.14. The molecule has 0 saturated heterocycles. The zero-order valence-electron chi connectivity index (χ0n) is 10.1. The molecule has 18 heavy (non-hydrogen) atoms. The second-order valence-corrected chi connectivity index (χ2v) is 7.46. The number of sulfone groups is 1. The SMILES string of the molecule is CC1C(CC#N)S(=O)(=O)c2ccc(Br)cc2N1C. The van der Waals surface area contributed by atoms with Crippen LogP contribution >= 0.6 is 15.9 Å². The van der Waals surface area contributed by atoms with Gasteiger partial charge in [-0.15, -0.1) is 0 Å². The predicted molar refractivity (Wildman–Crippen MR) is 73.2 cm³/mol. The Kier molecular flexibility index (Phi) is 3.39. The van der Waals surface area contributed by atoms with Gasteiger partial charge in [-0.2, -0.15) is 5.26 Å². The minimum atomic E-state index is -3.43. The average Bonchev–Trinajstić information content (AvgIpc) is 2.32. The Morgan fingerprint density at radius 1 is 1.50 bits per heavy atom. The summed E-state index contributed by atoms with van der Waals surface area (Å²) >= 11 is 3.35. The van der Waals surface area contributed by atoms with E-state index < -0.39 is 15.1 Å². The molecule has 0 radical (unpaired) electrons. The van der Waals surface area contributed by atoms with E-state index in [1.54, 1.807) is 18.2 Å².